The summed E-state index contributed by atoms with van der Waals surface area (Å²) in [5.41, 5.74) is -0.621. The molecule has 1 atom stereocenters. The van der Waals surface area contributed by atoms with Gasteiger partial charge in [-0.15, -0.1) is 0 Å². The van der Waals surface area contributed by atoms with Gasteiger partial charge in [-0.05, 0) is 43.3 Å². The van der Waals surface area contributed by atoms with Gasteiger partial charge in [-0.2, -0.15) is 13.2 Å². The first-order valence-electron chi connectivity index (χ1n) is 9.43. The Hall–Kier alpha value is -2.58. The van der Waals surface area contributed by atoms with Crippen LogP contribution in [0.2, 0.25) is 5.02 Å². The van der Waals surface area contributed by atoms with Crippen LogP contribution >= 0.6 is 11.6 Å². The van der Waals surface area contributed by atoms with Crippen molar-refractivity contribution in [3.63, 3.8) is 0 Å². The minimum absolute atomic E-state index is 0.123. The number of para-hydroxylation sites is 1. The van der Waals surface area contributed by atoms with Crippen LogP contribution in [0.1, 0.15) is 22.8 Å². The quantitative estimate of drug-likeness (QED) is 0.779. The summed E-state index contributed by atoms with van der Waals surface area (Å²) in [4.78, 5) is 28.6. The number of nitrogens with one attached hydrogen (secondary N) is 1. The van der Waals surface area contributed by atoms with E-state index in [1.165, 1.54) is 18.2 Å². The van der Waals surface area contributed by atoms with Gasteiger partial charge in [0.15, 0.2) is 0 Å². The zero-order valence-electron chi connectivity index (χ0n) is 16.2. The fraction of sp³-hybridized carbons (Fsp3) is 0.333. The minimum atomic E-state index is -4.55. The monoisotopic (exact) mass is 439 g/mol. The third-order valence-corrected chi connectivity index (χ3v) is 5.36. The predicted molar refractivity (Wildman–Crippen MR) is 108 cm³/mol. The van der Waals surface area contributed by atoms with Gasteiger partial charge in [0, 0.05) is 36.8 Å². The Balaban J connectivity index is 1.59. The molecule has 0 spiro atoms. The third kappa shape index (κ3) is 5.12. The van der Waals surface area contributed by atoms with E-state index in [1.54, 1.807) is 36.1 Å². The lowest BCUT2D eigenvalue weighted by Crippen LogP contribution is -2.54. The number of piperazine rings is 1. The SMILES string of the molecule is CC(C(=O)Nc1ccccc1C(F)(F)F)N1CCN(C(=O)c2ccc(Cl)cc2)CC1. The summed E-state index contributed by atoms with van der Waals surface area (Å²) in [5, 5.41) is 2.93. The molecule has 1 unspecified atom stereocenters. The molecule has 0 aliphatic carbocycles. The molecule has 2 amide bonds. The van der Waals surface area contributed by atoms with Gasteiger partial charge in [-0.1, -0.05) is 23.7 Å². The number of rotatable bonds is 4. The molecule has 2 aromatic rings. The first-order valence-corrected chi connectivity index (χ1v) is 9.80. The number of nitrogens with zero attached hydrogens (tertiary/aromatic N) is 2. The fourth-order valence-electron chi connectivity index (χ4n) is 3.33. The molecular formula is C21H21ClF3N3O2. The Bertz CT molecular complexity index is 910. The average molecular weight is 440 g/mol. The normalized spacial score (nSPS) is 16.2. The largest absolute Gasteiger partial charge is 0.418 e. The number of amides is 2. The Labute approximate surface area is 177 Å². The van der Waals surface area contributed by atoms with Crippen molar-refractivity contribution < 1.29 is 22.8 Å². The van der Waals surface area contributed by atoms with E-state index in [0.29, 0.717) is 36.8 Å². The molecule has 0 bridgehead atoms. The molecule has 3 rings (SSSR count). The first-order chi connectivity index (χ1) is 14.2. The van der Waals surface area contributed by atoms with Gasteiger partial charge in [0.1, 0.15) is 0 Å². The molecule has 1 aliphatic heterocycles. The molecule has 160 valence electrons. The van der Waals surface area contributed by atoms with Gasteiger partial charge in [0.25, 0.3) is 5.91 Å². The van der Waals surface area contributed by atoms with Crippen molar-refractivity contribution in [2.45, 2.75) is 19.1 Å². The van der Waals surface area contributed by atoms with E-state index in [9.17, 15) is 22.8 Å². The van der Waals surface area contributed by atoms with Gasteiger partial charge >= 0.3 is 6.18 Å². The molecular weight excluding hydrogens is 419 g/mol. The van der Waals surface area contributed by atoms with Gasteiger partial charge < -0.3 is 10.2 Å². The molecule has 9 heteroatoms. The van der Waals surface area contributed by atoms with Crippen LogP contribution in [0.3, 0.4) is 0 Å². The van der Waals surface area contributed by atoms with Crippen molar-refractivity contribution in [3.05, 3.63) is 64.7 Å². The van der Waals surface area contributed by atoms with E-state index < -0.39 is 23.7 Å². The Morgan fingerprint density at radius 3 is 2.20 bits per heavy atom. The third-order valence-electron chi connectivity index (χ3n) is 5.11. The van der Waals surface area contributed by atoms with E-state index in [1.807, 2.05) is 4.90 Å². The smallest absolute Gasteiger partial charge is 0.336 e. The number of carbonyl (C=O) groups excluding carboxylic acids is 2. The first kappa shape index (κ1) is 22.1. The van der Waals surface area contributed by atoms with Crippen LogP contribution in [0.5, 0.6) is 0 Å². The predicted octanol–water partition coefficient (Wildman–Crippen LogP) is 4.14. The summed E-state index contributed by atoms with van der Waals surface area (Å²) in [6.07, 6.45) is -4.55. The van der Waals surface area contributed by atoms with Crippen LogP contribution in [-0.4, -0.2) is 53.8 Å². The molecule has 1 aliphatic rings. The average Bonchev–Trinajstić information content (AvgIpc) is 2.73. The molecule has 2 aromatic carbocycles. The van der Waals surface area contributed by atoms with Gasteiger partial charge in [-0.25, -0.2) is 0 Å². The van der Waals surface area contributed by atoms with Crippen molar-refractivity contribution >= 4 is 29.1 Å². The standard InChI is InChI=1S/C21H21ClF3N3O2/c1-14(19(29)26-18-5-3-2-4-17(18)21(23,24)25)27-10-12-28(13-11-27)20(30)15-6-8-16(22)9-7-15/h2-9,14H,10-13H2,1H3,(H,26,29). The van der Waals surface area contributed by atoms with Crippen LogP contribution in [0.4, 0.5) is 18.9 Å². The van der Waals surface area contributed by atoms with Gasteiger partial charge in [-0.3, -0.25) is 14.5 Å². The van der Waals surface area contributed by atoms with Crippen LogP contribution in [-0.2, 0) is 11.0 Å². The number of alkyl halides is 3. The highest BCUT2D eigenvalue weighted by molar-refractivity contribution is 6.30. The summed E-state index contributed by atoms with van der Waals surface area (Å²) < 4.78 is 39.4. The number of anilines is 1. The second kappa shape index (κ2) is 9.06. The van der Waals surface area contributed by atoms with E-state index in [0.717, 1.165) is 6.07 Å². The molecule has 1 saturated heterocycles. The van der Waals surface area contributed by atoms with Crippen molar-refractivity contribution in [3.8, 4) is 0 Å². The van der Waals surface area contributed by atoms with Crippen LogP contribution < -0.4 is 5.32 Å². The zero-order valence-corrected chi connectivity index (χ0v) is 17.0. The zero-order chi connectivity index (χ0) is 21.9. The highest BCUT2D eigenvalue weighted by Crippen LogP contribution is 2.34. The molecule has 0 aromatic heterocycles. The second-order valence-corrected chi connectivity index (χ2v) is 7.48. The number of hydrogen-bond donors (Lipinski definition) is 1. The molecule has 1 N–H and O–H groups in total. The van der Waals surface area contributed by atoms with Crippen molar-refractivity contribution in [1.82, 2.24) is 9.80 Å². The highest BCUT2D eigenvalue weighted by atomic mass is 35.5. The van der Waals surface area contributed by atoms with Crippen LogP contribution in [0, 0.1) is 0 Å². The minimum Gasteiger partial charge on any atom is -0.336 e. The number of hydrogen-bond acceptors (Lipinski definition) is 3. The van der Waals surface area contributed by atoms with E-state index in [2.05, 4.69) is 5.32 Å². The Morgan fingerprint density at radius 2 is 1.60 bits per heavy atom. The lowest BCUT2D eigenvalue weighted by Gasteiger charge is -2.37. The maximum absolute atomic E-state index is 13.1. The van der Waals surface area contributed by atoms with Crippen LogP contribution in [0.25, 0.3) is 0 Å². The summed E-state index contributed by atoms with van der Waals surface area (Å²) in [6, 6.07) is 10.9. The number of halogens is 4. The van der Waals surface area contributed by atoms with Gasteiger partial charge in [0.05, 0.1) is 17.3 Å². The van der Waals surface area contributed by atoms with Gasteiger partial charge in [0.2, 0.25) is 5.91 Å². The summed E-state index contributed by atoms with van der Waals surface area (Å²) in [6.45, 7) is 3.35. The van der Waals surface area contributed by atoms with Crippen molar-refractivity contribution in [1.29, 1.82) is 0 Å². The Kier molecular flexibility index (Phi) is 6.67. The summed E-state index contributed by atoms with van der Waals surface area (Å²) in [7, 11) is 0. The fourth-order valence-corrected chi connectivity index (χ4v) is 3.46. The van der Waals surface area contributed by atoms with E-state index in [-0.39, 0.29) is 11.6 Å². The molecule has 30 heavy (non-hydrogen) atoms. The van der Waals surface area contributed by atoms with E-state index in [4.69, 9.17) is 11.6 Å². The molecule has 1 fully saturated rings. The second-order valence-electron chi connectivity index (χ2n) is 7.04. The maximum atomic E-state index is 13.1. The molecule has 5 nitrogen and oxygen atoms in total. The topological polar surface area (TPSA) is 52.7 Å². The summed E-state index contributed by atoms with van der Waals surface area (Å²) >= 11 is 5.85. The molecule has 0 saturated carbocycles. The molecule has 1 heterocycles. The maximum Gasteiger partial charge on any atom is 0.418 e. The number of carbonyl (C=O) groups is 2. The van der Waals surface area contributed by atoms with E-state index >= 15 is 0 Å². The lowest BCUT2D eigenvalue weighted by molar-refractivity contribution is -0.137. The lowest BCUT2D eigenvalue weighted by atomic mass is 10.1. The summed E-state index contributed by atoms with van der Waals surface area (Å²) in [5.74, 6) is -0.647. The van der Waals surface area contributed by atoms with Crippen LogP contribution in [0.15, 0.2) is 48.5 Å². The highest BCUT2D eigenvalue weighted by Gasteiger charge is 2.34. The Morgan fingerprint density at radius 1 is 1.00 bits per heavy atom. The van der Waals surface area contributed by atoms with Crippen molar-refractivity contribution in [2.75, 3.05) is 31.5 Å². The molecule has 0 radical (unpaired) electrons. The number of benzene rings is 2. The van der Waals surface area contributed by atoms with Crippen molar-refractivity contribution in [2.24, 2.45) is 0 Å².